The molecule has 2 rings (SSSR count). The number of primary amides is 1. The molecule has 1 aliphatic heterocycles. The highest BCUT2D eigenvalue weighted by Crippen LogP contribution is 2.33. The second-order valence-electron chi connectivity index (χ2n) is 4.44. The van der Waals surface area contributed by atoms with E-state index >= 15 is 0 Å². The van der Waals surface area contributed by atoms with Crippen molar-refractivity contribution in [1.29, 1.82) is 0 Å². The zero-order valence-corrected chi connectivity index (χ0v) is 10.0. The molecule has 4 nitrogen and oxygen atoms in total. The number of benzene rings is 1. The van der Waals surface area contributed by atoms with Gasteiger partial charge in [-0.05, 0) is 18.5 Å². The highest BCUT2D eigenvalue weighted by atomic mass is 19.1. The van der Waals surface area contributed by atoms with Crippen molar-refractivity contribution in [2.45, 2.75) is 18.7 Å². The number of nitrogens with two attached hydrogens (primary N) is 1. The average molecular weight is 252 g/mol. The number of carbonyl (C=O) groups is 1. The van der Waals surface area contributed by atoms with E-state index in [1.807, 2.05) is 30.3 Å². The molecule has 1 aromatic carbocycles. The van der Waals surface area contributed by atoms with E-state index in [0.29, 0.717) is 6.42 Å². The fourth-order valence-corrected chi connectivity index (χ4v) is 2.35. The van der Waals surface area contributed by atoms with Crippen molar-refractivity contribution in [3.05, 3.63) is 35.9 Å². The molecule has 0 radical (unpaired) electrons. The van der Waals surface area contributed by atoms with Crippen molar-refractivity contribution in [1.82, 2.24) is 5.32 Å². The van der Waals surface area contributed by atoms with Crippen LogP contribution in [0.15, 0.2) is 30.3 Å². The van der Waals surface area contributed by atoms with E-state index < -0.39 is 18.4 Å². The third-order valence-corrected chi connectivity index (χ3v) is 3.22. The van der Waals surface area contributed by atoms with Crippen LogP contribution < -0.4 is 11.1 Å². The maximum atomic E-state index is 13.9. The SMILES string of the molecule is NC(=O)OC(c1ccccc1)C1CCNCC1F. The molecule has 0 saturated carbocycles. The average Bonchev–Trinajstić information content (AvgIpc) is 2.38. The molecule has 1 saturated heterocycles. The zero-order valence-electron chi connectivity index (χ0n) is 10.0. The summed E-state index contributed by atoms with van der Waals surface area (Å²) in [6.07, 6.45) is -1.90. The molecule has 1 heterocycles. The molecule has 3 unspecified atom stereocenters. The second kappa shape index (κ2) is 5.82. The molecule has 0 bridgehead atoms. The van der Waals surface area contributed by atoms with E-state index in [4.69, 9.17) is 10.5 Å². The number of alkyl halides is 1. The van der Waals surface area contributed by atoms with Gasteiger partial charge in [-0.15, -0.1) is 0 Å². The normalized spacial score (nSPS) is 25.4. The molecule has 1 amide bonds. The molecule has 5 heteroatoms. The molecule has 1 aliphatic rings. The van der Waals surface area contributed by atoms with E-state index in [0.717, 1.165) is 12.1 Å². The lowest BCUT2D eigenvalue weighted by molar-refractivity contribution is 0.0197. The second-order valence-corrected chi connectivity index (χ2v) is 4.44. The summed E-state index contributed by atoms with van der Waals surface area (Å²) in [4.78, 5) is 11.0. The van der Waals surface area contributed by atoms with E-state index in [-0.39, 0.29) is 12.5 Å². The van der Waals surface area contributed by atoms with Gasteiger partial charge in [-0.3, -0.25) is 0 Å². The predicted molar refractivity (Wildman–Crippen MR) is 65.7 cm³/mol. The van der Waals surface area contributed by atoms with Crippen molar-refractivity contribution in [2.75, 3.05) is 13.1 Å². The zero-order chi connectivity index (χ0) is 13.0. The Hall–Kier alpha value is -1.62. The summed E-state index contributed by atoms with van der Waals surface area (Å²) >= 11 is 0. The monoisotopic (exact) mass is 252 g/mol. The highest BCUT2D eigenvalue weighted by molar-refractivity contribution is 5.65. The molecule has 1 aromatic rings. The highest BCUT2D eigenvalue weighted by Gasteiger charge is 2.35. The van der Waals surface area contributed by atoms with E-state index in [2.05, 4.69) is 5.32 Å². The quantitative estimate of drug-likeness (QED) is 0.861. The smallest absolute Gasteiger partial charge is 0.405 e. The Bertz CT molecular complexity index is 399. The summed E-state index contributed by atoms with van der Waals surface area (Å²) in [5.41, 5.74) is 5.87. The van der Waals surface area contributed by atoms with Crippen LogP contribution in [0.3, 0.4) is 0 Å². The molecular formula is C13H17FN2O2. The molecule has 0 aromatic heterocycles. The minimum absolute atomic E-state index is 0.288. The minimum atomic E-state index is -1.04. The Kier molecular flexibility index (Phi) is 4.15. The van der Waals surface area contributed by atoms with Gasteiger partial charge in [0.25, 0.3) is 0 Å². The Balaban J connectivity index is 2.21. The first kappa shape index (κ1) is 12.8. The van der Waals surface area contributed by atoms with Gasteiger partial charge in [0.1, 0.15) is 12.3 Å². The molecule has 98 valence electrons. The first-order chi connectivity index (χ1) is 8.68. The van der Waals surface area contributed by atoms with Gasteiger partial charge in [0.05, 0.1) is 0 Å². The standard InChI is InChI=1S/C13H17FN2O2/c14-11-8-16-7-6-10(11)12(18-13(15)17)9-4-2-1-3-5-9/h1-5,10-12,16H,6-8H2,(H2,15,17). The van der Waals surface area contributed by atoms with Crippen molar-refractivity contribution in [2.24, 2.45) is 11.7 Å². The lowest BCUT2D eigenvalue weighted by Gasteiger charge is -2.32. The van der Waals surface area contributed by atoms with Gasteiger partial charge in [-0.25, -0.2) is 9.18 Å². The third-order valence-electron chi connectivity index (χ3n) is 3.22. The van der Waals surface area contributed by atoms with Crippen LogP contribution >= 0.6 is 0 Å². The van der Waals surface area contributed by atoms with Gasteiger partial charge in [0.2, 0.25) is 0 Å². The molecular weight excluding hydrogens is 235 g/mol. The van der Waals surface area contributed by atoms with Crippen molar-refractivity contribution >= 4 is 6.09 Å². The number of halogens is 1. The largest absolute Gasteiger partial charge is 0.441 e. The Labute approximate surface area is 105 Å². The summed E-state index contributed by atoms with van der Waals surface area (Å²) in [6.45, 7) is 1.01. The van der Waals surface area contributed by atoms with Crippen LogP contribution in [0.4, 0.5) is 9.18 Å². The Morgan fingerprint density at radius 3 is 2.78 bits per heavy atom. The summed E-state index contributed by atoms with van der Waals surface area (Å²) < 4.78 is 19.1. The van der Waals surface area contributed by atoms with Gasteiger partial charge < -0.3 is 15.8 Å². The van der Waals surface area contributed by atoms with Crippen molar-refractivity contribution < 1.29 is 13.9 Å². The van der Waals surface area contributed by atoms with Gasteiger partial charge in [0.15, 0.2) is 0 Å². The summed E-state index contributed by atoms with van der Waals surface area (Å²) in [5, 5.41) is 2.98. The number of hydrogen-bond donors (Lipinski definition) is 2. The number of carbonyl (C=O) groups excluding carboxylic acids is 1. The van der Waals surface area contributed by atoms with Crippen LogP contribution in [0, 0.1) is 5.92 Å². The Morgan fingerprint density at radius 2 is 2.17 bits per heavy atom. The number of nitrogens with one attached hydrogen (secondary N) is 1. The predicted octanol–water partition coefficient (Wildman–Crippen LogP) is 1.77. The van der Waals surface area contributed by atoms with Gasteiger partial charge in [0, 0.05) is 12.5 Å². The van der Waals surface area contributed by atoms with Gasteiger partial charge in [-0.2, -0.15) is 0 Å². The number of piperidine rings is 1. The lowest BCUT2D eigenvalue weighted by Crippen LogP contribution is -2.42. The van der Waals surface area contributed by atoms with Crippen LogP contribution in [-0.4, -0.2) is 25.4 Å². The van der Waals surface area contributed by atoms with Crippen LogP contribution in [0.25, 0.3) is 0 Å². The van der Waals surface area contributed by atoms with Gasteiger partial charge >= 0.3 is 6.09 Å². The summed E-state index contributed by atoms with van der Waals surface area (Å²) in [7, 11) is 0. The number of ether oxygens (including phenoxy) is 1. The number of amides is 1. The molecule has 18 heavy (non-hydrogen) atoms. The first-order valence-electron chi connectivity index (χ1n) is 6.04. The molecule has 3 N–H and O–H groups in total. The lowest BCUT2D eigenvalue weighted by atomic mass is 9.86. The maximum Gasteiger partial charge on any atom is 0.405 e. The van der Waals surface area contributed by atoms with E-state index in [9.17, 15) is 9.18 Å². The van der Waals surface area contributed by atoms with Crippen LogP contribution in [0.5, 0.6) is 0 Å². The molecule has 3 atom stereocenters. The van der Waals surface area contributed by atoms with Crippen LogP contribution in [0.2, 0.25) is 0 Å². The number of rotatable bonds is 3. The van der Waals surface area contributed by atoms with Crippen molar-refractivity contribution in [3.8, 4) is 0 Å². The summed E-state index contributed by atoms with van der Waals surface area (Å²) in [6, 6.07) is 9.17. The fraction of sp³-hybridized carbons (Fsp3) is 0.462. The van der Waals surface area contributed by atoms with Gasteiger partial charge in [-0.1, -0.05) is 30.3 Å². The number of hydrogen-bond acceptors (Lipinski definition) is 3. The maximum absolute atomic E-state index is 13.9. The first-order valence-corrected chi connectivity index (χ1v) is 6.04. The van der Waals surface area contributed by atoms with E-state index in [1.54, 1.807) is 0 Å². The van der Waals surface area contributed by atoms with Crippen LogP contribution in [0.1, 0.15) is 18.1 Å². The third kappa shape index (κ3) is 2.98. The minimum Gasteiger partial charge on any atom is -0.441 e. The molecule has 1 fully saturated rings. The topological polar surface area (TPSA) is 64.4 Å². The molecule has 0 spiro atoms. The van der Waals surface area contributed by atoms with Crippen molar-refractivity contribution in [3.63, 3.8) is 0 Å². The Morgan fingerprint density at radius 1 is 1.44 bits per heavy atom. The fourth-order valence-electron chi connectivity index (χ4n) is 2.35. The van der Waals surface area contributed by atoms with E-state index in [1.165, 1.54) is 0 Å². The molecule has 0 aliphatic carbocycles. The summed E-state index contributed by atoms with van der Waals surface area (Å²) in [5.74, 6) is -0.346. The van der Waals surface area contributed by atoms with Crippen LogP contribution in [-0.2, 0) is 4.74 Å².